The second-order valence-electron chi connectivity index (χ2n) is 4.78. The fraction of sp³-hybridized carbons (Fsp3) is 0.417. The zero-order valence-corrected chi connectivity index (χ0v) is 14.3. The van der Waals surface area contributed by atoms with Gasteiger partial charge in [0, 0.05) is 0 Å². The van der Waals surface area contributed by atoms with Crippen LogP contribution < -0.4 is 9.01 Å². The number of aliphatic hydroxyl groups is 1. The maximum atomic E-state index is 13.5. The number of benzene rings is 1. The molecular formula is C12H9AtF7NO3. The minimum atomic E-state index is -6.18. The Morgan fingerprint density at radius 3 is 2.00 bits per heavy atom. The summed E-state index contributed by atoms with van der Waals surface area (Å²) in [5.41, 5.74) is -2.33. The summed E-state index contributed by atoms with van der Waals surface area (Å²) in [7, 11) is 0. The van der Waals surface area contributed by atoms with Crippen LogP contribution in [0.3, 0.4) is 0 Å². The second-order valence-corrected chi connectivity index (χ2v) is 6.25. The van der Waals surface area contributed by atoms with Gasteiger partial charge >= 0.3 is 145 Å². The van der Waals surface area contributed by atoms with E-state index in [9.17, 15) is 40.6 Å². The first-order valence-corrected chi connectivity index (χ1v) is 7.42. The molecule has 0 aliphatic heterocycles. The molecule has 4 nitrogen and oxygen atoms in total. The van der Waals surface area contributed by atoms with E-state index in [0.717, 1.165) is 0 Å². The van der Waals surface area contributed by atoms with Gasteiger partial charge in [-0.25, -0.2) is 0 Å². The molecule has 0 saturated heterocycles. The molecule has 0 spiro atoms. The third-order valence-electron chi connectivity index (χ3n) is 3.08. The van der Waals surface area contributed by atoms with Crippen molar-refractivity contribution in [3.63, 3.8) is 0 Å². The summed E-state index contributed by atoms with van der Waals surface area (Å²) >= 11 is 0.287. The summed E-state index contributed by atoms with van der Waals surface area (Å²) in [4.78, 5) is 10.7. The third kappa shape index (κ3) is 3.80. The molecular weight excluding hydrogens is 549 g/mol. The fourth-order valence-electron chi connectivity index (χ4n) is 1.85. The number of nitrogens with two attached hydrogens (primary N) is 1. The molecule has 1 unspecified atom stereocenters. The number of carbonyl (C=O) groups is 1. The molecule has 0 radical (unpaired) electrons. The van der Waals surface area contributed by atoms with Crippen LogP contribution in [0.15, 0.2) is 12.1 Å². The average Bonchev–Trinajstić information content (AvgIpc) is 2.38. The standard InChI is InChI=1S/C12H9AtF7NO3/c13-8-4(2-7(21)9(22)23)1-5(14)3-6(8)10(24,11(15,16)17)12(18,19)20/h1,3,7,24H,2,21H2,(H,22,23). The van der Waals surface area contributed by atoms with Crippen LogP contribution in [0.1, 0.15) is 11.1 Å². The number of carboxylic acid groups (broad SMARTS) is 1. The van der Waals surface area contributed by atoms with Gasteiger partial charge in [-0.15, -0.1) is 0 Å². The maximum absolute atomic E-state index is 13.5. The van der Waals surface area contributed by atoms with Crippen molar-refractivity contribution in [3.8, 4) is 0 Å². The molecule has 0 bridgehead atoms. The predicted octanol–water partition coefficient (Wildman–Crippen LogP) is 1.27. The number of carboxylic acids is 1. The molecule has 4 N–H and O–H groups in total. The van der Waals surface area contributed by atoms with E-state index in [1.54, 1.807) is 0 Å². The quantitative estimate of drug-likeness (QED) is 0.487. The number of hydrogen-bond acceptors (Lipinski definition) is 3. The van der Waals surface area contributed by atoms with E-state index in [1.807, 2.05) is 0 Å². The summed E-state index contributed by atoms with van der Waals surface area (Å²) in [6.07, 6.45) is -13.1. The molecule has 1 aromatic carbocycles. The van der Waals surface area contributed by atoms with Crippen molar-refractivity contribution in [1.82, 2.24) is 0 Å². The van der Waals surface area contributed by atoms with Gasteiger partial charge < -0.3 is 0 Å². The van der Waals surface area contributed by atoms with Crippen LogP contribution in [0.5, 0.6) is 0 Å². The molecule has 0 aliphatic carbocycles. The molecule has 0 heterocycles. The first-order chi connectivity index (χ1) is 10.6. The summed E-state index contributed by atoms with van der Waals surface area (Å²) < 4.78 is 90.3. The van der Waals surface area contributed by atoms with Gasteiger partial charge in [0.2, 0.25) is 0 Å². The van der Waals surface area contributed by atoms with Crippen LogP contribution in [-0.4, -0.2) is 34.6 Å². The Hall–Kier alpha value is -0.997. The summed E-state index contributed by atoms with van der Waals surface area (Å²) in [5.74, 6) is -3.07. The third-order valence-corrected chi connectivity index (χ3v) is 4.82. The van der Waals surface area contributed by atoms with Gasteiger partial charge in [0.05, 0.1) is 0 Å². The molecule has 0 saturated carbocycles. The molecule has 1 atom stereocenters. The van der Waals surface area contributed by atoms with Crippen LogP contribution in [0.2, 0.25) is 0 Å². The van der Waals surface area contributed by atoms with Gasteiger partial charge in [-0.05, 0) is 0 Å². The van der Waals surface area contributed by atoms with Crippen molar-refractivity contribution in [3.05, 3.63) is 29.1 Å². The Labute approximate surface area is 145 Å². The molecule has 1 aromatic rings. The average molecular weight is 558 g/mol. The topological polar surface area (TPSA) is 83.5 Å². The molecule has 24 heavy (non-hydrogen) atoms. The molecule has 0 aromatic heterocycles. The van der Waals surface area contributed by atoms with Crippen LogP contribution in [0.25, 0.3) is 0 Å². The Morgan fingerprint density at radius 2 is 1.62 bits per heavy atom. The van der Waals surface area contributed by atoms with E-state index in [0.29, 0.717) is 6.07 Å². The van der Waals surface area contributed by atoms with Gasteiger partial charge in [0.1, 0.15) is 0 Å². The van der Waals surface area contributed by atoms with Gasteiger partial charge in [0.25, 0.3) is 0 Å². The van der Waals surface area contributed by atoms with E-state index in [1.165, 1.54) is 0 Å². The van der Waals surface area contributed by atoms with Crippen LogP contribution in [0, 0.1) is 30.5 Å². The Morgan fingerprint density at radius 1 is 1.17 bits per heavy atom. The molecule has 0 aliphatic rings. The first kappa shape index (κ1) is 21.0. The van der Waals surface area contributed by atoms with Crippen molar-refractivity contribution in [2.24, 2.45) is 5.73 Å². The van der Waals surface area contributed by atoms with Crippen molar-refractivity contribution >= 4 is 9.24 Å². The number of aliphatic carboxylic acids is 1. The van der Waals surface area contributed by atoms with Gasteiger partial charge in [-0.3, -0.25) is 0 Å². The van der Waals surface area contributed by atoms with Crippen molar-refractivity contribution in [1.29, 1.82) is 0 Å². The summed E-state index contributed by atoms with van der Waals surface area (Å²) in [5, 5.41) is 18.0. The van der Waals surface area contributed by atoms with Crippen molar-refractivity contribution in [2.45, 2.75) is 30.4 Å². The second kappa shape index (κ2) is 6.72. The van der Waals surface area contributed by atoms with E-state index in [-0.39, 0.29) is 30.8 Å². The Kier molecular flexibility index (Phi) is 5.89. The number of alkyl halides is 6. The number of rotatable bonds is 4. The molecule has 0 fully saturated rings. The minimum absolute atomic E-state index is 0.0773. The van der Waals surface area contributed by atoms with E-state index < -0.39 is 56.6 Å². The number of hydrogen-bond donors (Lipinski definition) is 3. The SMILES string of the molecule is NC(Cc1cc(F)cc(C(O)(C(F)(F)F)C(F)(F)F)c1[At])C(=O)O. The summed E-state index contributed by atoms with van der Waals surface area (Å²) in [6, 6.07) is -1.17. The summed E-state index contributed by atoms with van der Waals surface area (Å²) in [6.45, 7) is 0. The van der Waals surface area contributed by atoms with Gasteiger partial charge in [0.15, 0.2) is 0 Å². The van der Waals surface area contributed by atoms with E-state index >= 15 is 0 Å². The van der Waals surface area contributed by atoms with Crippen LogP contribution in [-0.2, 0) is 16.8 Å². The Bertz CT molecular complexity index is 631. The molecule has 0 amide bonds. The molecule has 1 rings (SSSR count). The molecule has 136 valence electrons. The fourth-order valence-corrected chi connectivity index (χ4v) is 3.10. The van der Waals surface area contributed by atoms with Crippen molar-refractivity contribution < 1.29 is 70.5 Å². The predicted molar refractivity (Wildman–Crippen MR) is 61.4 cm³/mol. The zero-order valence-electron chi connectivity index (χ0n) is 11.3. The normalized spacial score (nSPS) is 14.6. The van der Waals surface area contributed by atoms with Crippen LogP contribution >= 0.6 is 0 Å². The van der Waals surface area contributed by atoms with Gasteiger partial charge in [-0.2, -0.15) is 0 Å². The van der Waals surface area contributed by atoms with E-state index in [4.69, 9.17) is 10.8 Å². The number of halogens is 7. The molecule has 12 heteroatoms. The Balaban J connectivity index is 3.64. The first-order valence-electron chi connectivity index (χ1n) is 5.95. The zero-order chi connectivity index (χ0) is 19.1. The van der Waals surface area contributed by atoms with Crippen LogP contribution in [0.4, 0.5) is 30.7 Å². The van der Waals surface area contributed by atoms with Gasteiger partial charge in [-0.1, -0.05) is 0 Å². The van der Waals surface area contributed by atoms with E-state index in [2.05, 4.69) is 0 Å². The monoisotopic (exact) mass is 558 g/mol. The van der Waals surface area contributed by atoms with Crippen molar-refractivity contribution in [2.75, 3.05) is 0 Å².